The minimum Gasteiger partial charge on any atom is -0.493 e. The molecule has 0 radical (unpaired) electrons. The van der Waals surface area contributed by atoms with Crippen LogP contribution in [-0.4, -0.2) is 33.1 Å². The molecule has 0 aliphatic carbocycles. The third-order valence-electron chi connectivity index (χ3n) is 4.92. The molecular weight excluding hydrogens is 314 g/mol. The standard InChI is InChI=1S/C21H25NO3/c1-15(17-8-11-19(24-2)20(14-17)25-3)21(23)16-6-9-18(10-7-16)22-12-4-5-13-22/h6-11,14-15H,4-5,12-13H2,1-3H3. The van der Waals surface area contributed by atoms with Gasteiger partial charge in [-0.3, -0.25) is 4.79 Å². The first-order valence-electron chi connectivity index (χ1n) is 8.75. The topological polar surface area (TPSA) is 38.8 Å². The zero-order chi connectivity index (χ0) is 17.8. The Bertz CT molecular complexity index is 733. The molecule has 2 aromatic carbocycles. The van der Waals surface area contributed by atoms with Gasteiger partial charge in [0.1, 0.15) is 0 Å². The number of methoxy groups -OCH3 is 2. The lowest BCUT2D eigenvalue weighted by atomic mass is 9.92. The highest BCUT2D eigenvalue weighted by atomic mass is 16.5. The maximum atomic E-state index is 12.8. The number of rotatable bonds is 6. The molecule has 0 bridgehead atoms. The number of hydrogen-bond acceptors (Lipinski definition) is 4. The van der Waals surface area contributed by atoms with Gasteiger partial charge in [-0.15, -0.1) is 0 Å². The summed E-state index contributed by atoms with van der Waals surface area (Å²) >= 11 is 0. The Morgan fingerprint density at radius 2 is 1.60 bits per heavy atom. The van der Waals surface area contributed by atoms with Crippen molar-refractivity contribution in [3.8, 4) is 11.5 Å². The summed E-state index contributed by atoms with van der Waals surface area (Å²) in [6.07, 6.45) is 2.49. The van der Waals surface area contributed by atoms with Crippen molar-refractivity contribution in [2.45, 2.75) is 25.7 Å². The van der Waals surface area contributed by atoms with Crippen LogP contribution in [-0.2, 0) is 0 Å². The Morgan fingerprint density at radius 1 is 0.960 bits per heavy atom. The first-order valence-corrected chi connectivity index (χ1v) is 8.75. The molecule has 1 atom stereocenters. The van der Waals surface area contributed by atoms with Crippen LogP contribution in [0.5, 0.6) is 11.5 Å². The molecule has 1 aliphatic rings. The van der Waals surface area contributed by atoms with Gasteiger partial charge in [-0.25, -0.2) is 0 Å². The Labute approximate surface area is 149 Å². The van der Waals surface area contributed by atoms with Crippen LogP contribution >= 0.6 is 0 Å². The first-order chi connectivity index (χ1) is 12.1. The molecule has 1 unspecified atom stereocenters. The van der Waals surface area contributed by atoms with Crippen molar-refractivity contribution >= 4 is 11.5 Å². The lowest BCUT2D eigenvalue weighted by molar-refractivity contribution is 0.0966. The third-order valence-corrected chi connectivity index (χ3v) is 4.92. The van der Waals surface area contributed by atoms with Crippen molar-refractivity contribution in [1.82, 2.24) is 0 Å². The number of benzene rings is 2. The van der Waals surface area contributed by atoms with E-state index in [1.807, 2.05) is 37.3 Å². The lowest BCUT2D eigenvalue weighted by Crippen LogP contribution is -2.17. The molecule has 0 aromatic heterocycles. The molecule has 4 nitrogen and oxygen atoms in total. The predicted octanol–water partition coefficient (Wildman–Crippen LogP) is 4.29. The second kappa shape index (κ2) is 7.60. The average molecular weight is 339 g/mol. The molecule has 0 spiro atoms. The monoisotopic (exact) mass is 339 g/mol. The number of hydrogen-bond donors (Lipinski definition) is 0. The van der Waals surface area contributed by atoms with Crippen molar-refractivity contribution < 1.29 is 14.3 Å². The number of carbonyl (C=O) groups excluding carboxylic acids is 1. The molecule has 0 amide bonds. The number of carbonyl (C=O) groups is 1. The van der Waals surface area contributed by atoms with E-state index in [-0.39, 0.29) is 11.7 Å². The van der Waals surface area contributed by atoms with Crippen LogP contribution in [0.3, 0.4) is 0 Å². The van der Waals surface area contributed by atoms with Gasteiger partial charge in [0, 0.05) is 30.3 Å². The van der Waals surface area contributed by atoms with Gasteiger partial charge < -0.3 is 14.4 Å². The third kappa shape index (κ3) is 3.63. The number of anilines is 1. The number of ether oxygens (including phenoxy) is 2. The van der Waals surface area contributed by atoms with Crippen molar-refractivity contribution in [2.24, 2.45) is 0 Å². The molecule has 0 saturated carbocycles. The quantitative estimate of drug-likeness (QED) is 0.736. The molecule has 2 aromatic rings. The molecule has 0 N–H and O–H groups in total. The highest BCUT2D eigenvalue weighted by Crippen LogP contribution is 2.32. The van der Waals surface area contributed by atoms with E-state index in [1.165, 1.54) is 18.5 Å². The first kappa shape index (κ1) is 17.3. The molecule has 3 rings (SSSR count). The zero-order valence-corrected chi connectivity index (χ0v) is 15.1. The van der Waals surface area contributed by atoms with Crippen molar-refractivity contribution in [2.75, 3.05) is 32.2 Å². The predicted molar refractivity (Wildman–Crippen MR) is 100 cm³/mol. The molecule has 1 saturated heterocycles. The van der Waals surface area contributed by atoms with Crippen molar-refractivity contribution in [3.63, 3.8) is 0 Å². The van der Waals surface area contributed by atoms with Crippen LogP contribution in [0.1, 0.15) is 41.6 Å². The van der Waals surface area contributed by atoms with Gasteiger partial charge in [0.15, 0.2) is 17.3 Å². The second-order valence-electron chi connectivity index (χ2n) is 6.44. The minimum atomic E-state index is -0.238. The van der Waals surface area contributed by atoms with E-state index in [2.05, 4.69) is 17.0 Å². The van der Waals surface area contributed by atoms with Gasteiger partial charge in [0.25, 0.3) is 0 Å². The summed E-state index contributed by atoms with van der Waals surface area (Å²) in [6.45, 7) is 4.14. The summed E-state index contributed by atoms with van der Waals surface area (Å²) < 4.78 is 10.6. The fourth-order valence-electron chi connectivity index (χ4n) is 3.34. The fourth-order valence-corrected chi connectivity index (χ4v) is 3.34. The average Bonchev–Trinajstić information content (AvgIpc) is 3.21. The maximum absolute atomic E-state index is 12.8. The number of ketones is 1. The van der Waals surface area contributed by atoms with E-state index in [0.717, 1.165) is 24.2 Å². The zero-order valence-electron chi connectivity index (χ0n) is 15.1. The van der Waals surface area contributed by atoms with E-state index in [9.17, 15) is 4.79 Å². The van der Waals surface area contributed by atoms with Gasteiger partial charge in [-0.05, 0) is 54.8 Å². The van der Waals surface area contributed by atoms with Gasteiger partial charge in [-0.1, -0.05) is 13.0 Å². The molecule has 132 valence electrons. The largest absolute Gasteiger partial charge is 0.493 e. The maximum Gasteiger partial charge on any atom is 0.170 e. The van der Waals surface area contributed by atoms with Gasteiger partial charge in [0.05, 0.1) is 14.2 Å². The minimum absolute atomic E-state index is 0.111. The molecule has 1 aliphatic heterocycles. The summed E-state index contributed by atoms with van der Waals surface area (Å²) in [5, 5.41) is 0. The molecular formula is C21H25NO3. The SMILES string of the molecule is COc1ccc(C(C)C(=O)c2ccc(N3CCCC3)cc2)cc1OC. The Morgan fingerprint density at radius 3 is 2.20 bits per heavy atom. The Balaban J connectivity index is 1.77. The van der Waals surface area contributed by atoms with Crippen molar-refractivity contribution in [3.05, 3.63) is 53.6 Å². The van der Waals surface area contributed by atoms with E-state index in [1.54, 1.807) is 14.2 Å². The van der Waals surface area contributed by atoms with Gasteiger partial charge in [0.2, 0.25) is 0 Å². The summed E-state index contributed by atoms with van der Waals surface area (Å²) in [7, 11) is 3.21. The number of Topliss-reactive ketones (excluding diaryl/α,β-unsaturated/α-hetero) is 1. The summed E-state index contributed by atoms with van der Waals surface area (Å²) in [5.41, 5.74) is 2.87. The molecule has 1 heterocycles. The van der Waals surface area contributed by atoms with Gasteiger partial charge >= 0.3 is 0 Å². The molecule has 25 heavy (non-hydrogen) atoms. The summed E-state index contributed by atoms with van der Waals surface area (Å²) in [4.78, 5) is 15.2. The Kier molecular flexibility index (Phi) is 5.27. The number of nitrogens with zero attached hydrogens (tertiary/aromatic N) is 1. The van der Waals surface area contributed by atoms with Crippen LogP contribution in [0.25, 0.3) is 0 Å². The molecule has 4 heteroatoms. The molecule has 1 fully saturated rings. The summed E-state index contributed by atoms with van der Waals surface area (Å²) in [5.74, 6) is 1.18. The van der Waals surface area contributed by atoms with E-state index in [4.69, 9.17) is 9.47 Å². The van der Waals surface area contributed by atoms with Crippen LogP contribution in [0, 0.1) is 0 Å². The van der Waals surface area contributed by atoms with Crippen LogP contribution in [0.2, 0.25) is 0 Å². The van der Waals surface area contributed by atoms with Crippen LogP contribution in [0.4, 0.5) is 5.69 Å². The van der Waals surface area contributed by atoms with Crippen LogP contribution < -0.4 is 14.4 Å². The Hall–Kier alpha value is -2.49. The van der Waals surface area contributed by atoms with Gasteiger partial charge in [-0.2, -0.15) is 0 Å². The fraction of sp³-hybridized carbons (Fsp3) is 0.381. The highest BCUT2D eigenvalue weighted by Gasteiger charge is 2.20. The van der Waals surface area contributed by atoms with Crippen LogP contribution in [0.15, 0.2) is 42.5 Å². The summed E-state index contributed by atoms with van der Waals surface area (Å²) in [6, 6.07) is 13.6. The van der Waals surface area contributed by atoms with E-state index >= 15 is 0 Å². The second-order valence-corrected chi connectivity index (χ2v) is 6.44. The van der Waals surface area contributed by atoms with E-state index < -0.39 is 0 Å². The van der Waals surface area contributed by atoms with E-state index in [0.29, 0.717) is 11.5 Å². The lowest BCUT2D eigenvalue weighted by Gasteiger charge is -2.18. The smallest absolute Gasteiger partial charge is 0.170 e. The normalized spacial score (nSPS) is 15.1. The highest BCUT2D eigenvalue weighted by molar-refractivity contribution is 6.01. The van der Waals surface area contributed by atoms with Crippen molar-refractivity contribution in [1.29, 1.82) is 0 Å².